The third-order valence-corrected chi connectivity index (χ3v) is 5.16. The van der Waals surface area contributed by atoms with Gasteiger partial charge in [0.15, 0.2) is 0 Å². The highest BCUT2D eigenvalue weighted by Gasteiger charge is 2.30. The average Bonchev–Trinajstić information content (AvgIpc) is 2.85. The van der Waals surface area contributed by atoms with Crippen molar-refractivity contribution in [1.82, 2.24) is 4.72 Å². The lowest BCUT2D eigenvalue weighted by molar-refractivity contribution is 0.1000. The molecule has 4 N–H and O–H groups in total. The lowest BCUT2D eigenvalue weighted by Gasteiger charge is -2.19. The van der Waals surface area contributed by atoms with Crippen molar-refractivity contribution in [2.45, 2.75) is 30.2 Å². The van der Waals surface area contributed by atoms with Gasteiger partial charge in [0.1, 0.15) is 0 Å². The van der Waals surface area contributed by atoms with Gasteiger partial charge in [0.05, 0.1) is 4.90 Å². The van der Waals surface area contributed by atoms with Gasteiger partial charge in [-0.3, -0.25) is 4.79 Å². The molecule has 1 amide bonds. The number of benzene rings is 1. The molecule has 2 unspecified atom stereocenters. The number of aliphatic hydroxyl groups excluding tert-OH is 1. The number of hydrogen-bond donors (Lipinski definition) is 3. The fraction of sp³-hybridized carbons (Fsp3) is 0.462. The van der Waals surface area contributed by atoms with Gasteiger partial charge >= 0.3 is 0 Å². The van der Waals surface area contributed by atoms with Crippen LogP contribution in [-0.2, 0) is 10.0 Å². The quantitative estimate of drug-likeness (QED) is 0.722. The molecule has 0 radical (unpaired) electrons. The maximum atomic E-state index is 12.2. The number of nitrogens with one attached hydrogen (secondary N) is 1. The van der Waals surface area contributed by atoms with Crippen LogP contribution in [-0.4, -0.2) is 32.1 Å². The second kappa shape index (κ2) is 5.90. The lowest BCUT2D eigenvalue weighted by Crippen LogP contribution is -2.38. The summed E-state index contributed by atoms with van der Waals surface area (Å²) >= 11 is 0. The first kappa shape index (κ1) is 15.0. The molecule has 1 aliphatic rings. The normalized spacial score (nSPS) is 22.9. The van der Waals surface area contributed by atoms with Crippen molar-refractivity contribution < 1.29 is 18.3 Å². The van der Waals surface area contributed by atoms with Gasteiger partial charge in [0.25, 0.3) is 0 Å². The van der Waals surface area contributed by atoms with E-state index in [0.717, 1.165) is 19.3 Å². The molecule has 1 aromatic carbocycles. The highest BCUT2D eigenvalue weighted by Crippen LogP contribution is 2.26. The Morgan fingerprint density at radius 2 is 1.95 bits per heavy atom. The van der Waals surface area contributed by atoms with Crippen LogP contribution in [0.4, 0.5) is 0 Å². The van der Waals surface area contributed by atoms with Gasteiger partial charge in [-0.2, -0.15) is 0 Å². The molecule has 110 valence electrons. The fourth-order valence-corrected chi connectivity index (χ4v) is 3.82. The number of primary amides is 1. The van der Waals surface area contributed by atoms with Gasteiger partial charge < -0.3 is 10.8 Å². The highest BCUT2D eigenvalue weighted by molar-refractivity contribution is 7.89. The Morgan fingerprint density at radius 1 is 1.30 bits per heavy atom. The first-order valence-electron chi connectivity index (χ1n) is 6.47. The minimum Gasteiger partial charge on any atom is -0.396 e. The average molecular weight is 298 g/mol. The Kier molecular flexibility index (Phi) is 4.42. The Hall–Kier alpha value is -1.44. The van der Waals surface area contributed by atoms with E-state index in [2.05, 4.69) is 4.72 Å². The Bertz CT molecular complexity index is 583. The maximum absolute atomic E-state index is 12.2. The van der Waals surface area contributed by atoms with Gasteiger partial charge in [-0.25, -0.2) is 13.1 Å². The zero-order valence-electron chi connectivity index (χ0n) is 11.0. The van der Waals surface area contributed by atoms with Crippen molar-refractivity contribution in [2.24, 2.45) is 11.7 Å². The highest BCUT2D eigenvalue weighted by atomic mass is 32.2. The maximum Gasteiger partial charge on any atom is 0.248 e. The van der Waals surface area contributed by atoms with Crippen LogP contribution >= 0.6 is 0 Å². The molecule has 1 aromatic rings. The van der Waals surface area contributed by atoms with E-state index >= 15 is 0 Å². The second-order valence-electron chi connectivity index (χ2n) is 4.99. The Morgan fingerprint density at radius 3 is 2.50 bits per heavy atom. The molecular weight excluding hydrogens is 280 g/mol. The number of sulfonamides is 1. The van der Waals surface area contributed by atoms with Crippen molar-refractivity contribution in [2.75, 3.05) is 6.61 Å². The molecule has 2 atom stereocenters. The monoisotopic (exact) mass is 298 g/mol. The topological polar surface area (TPSA) is 109 Å². The summed E-state index contributed by atoms with van der Waals surface area (Å²) in [5.74, 6) is -0.632. The van der Waals surface area contributed by atoms with E-state index in [1.807, 2.05) is 0 Å². The van der Waals surface area contributed by atoms with E-state index in [9.17, 15) is 18.3 Å². The molecule has 1 fully saturated rings. The summed E-state index contributed by atoms with van der Waals surface area (Å²) in [5.41, 5.74) is 5.37. The van der Waals surface area contributed by atoms with Crippen molar-refractivity contribution in [3.63, 3.8) is 0 Å². The van der Waals surface area contributed by atoms with E-state index in [0.29, 0.717) is 0 Å². The molecule has 0 bridgehead atoms. The number of aliphatic hydroxyl groups is 1. The summed E-state index contributed by atoms with van der Waals surface area (Å²) in [6, 6.07) is 5.24. The van der Waals surface area contributed by atoms with Crippen LogP contribution in [0.5, 0.6) is 0 Å². The second-order valence-corrected chi connectivity index (χ2v) is 6.70. The molecule has 1 aliphatic carbocycles. The van der Waals surface area contributed by atoms with E-state index in [1.165, 1.54) is 24.3 Å². The molecule has 0 spiro atoms. The van der Waals surface area contributed by atoms with Crippen molar-refractivity contribution in [3.8, 4) is 0 Å². The summed E-state index contributed by atoms with van der Waals surface area (Å²) in [6.45, 7) is -0.0200. The van der Waals surface area contributed by atoms with Crippen LogP contribution in [0, 0.1) is 5.92 Å². The van der Waals surface area contributed by atoms with E-state index < -0.39 is 15.9 Å². The molecule has 20 heavy (non-hydrogen) atoms. The minimum atomic E-state index is -3.64. The smallest absolute Gasteiger partial charge is 0.248 e. The van der Waals surface area contributed by atoms with Crippen molar-refractivity contribution in [1.29, 1.82) is 0 Å². The van der Waals surface area contributed by atoms with Gasteiger partial charge in [0.2, 0.25) is 15.9 Å². The summed E-state index contributed by atoms with van der Waals surface area (Å²) in [4.78, 5) is 11.0. The molecular formula is C13H18N2O4S. The SMILES string of the molecule is NC(=O)c1ccc(S(=O)(=O)NC2CCCC2CO)cc1. The molecule has 2 rings (SSSR count). The molecule has 0 aliphatic heterocycles. The number of nitrogens with two attached hydrogens (primary N) is 1. The first-order chi connectivity index (χ1) is 9.44. The summed E-state index contributed by atoms with van der Waals surface area (Å²) in [6.07, 6.45) is 2.45. The predicted octanol–water partition coefficient (Wildman–Crippen LogP) is 0.225. The molecule has 1 saturated carbocycles. The molecule has 0 heterocycles. The standard InChI is InChI=1S/C13H18N2O4S/c14-13(17)9-4-6-11(7-5-9)20(18,19)15-12-3-1-2-10(12)8-16/h4-7,10,12,15-16H,1-3,8H2,(H2,14,17). The van der Waals surface area contributed by atoms with Crippen LogP contribution in [0.25, 0.3) is 0 Å². The third kappa shape index (κ3) is 3.17. The van der Waals surface area contributed by atoms with Crippen LogP contribution in [0.1, 0.15) is 29.6 Å². The largest absolute Gasteiger partial charge is 0.396 e. The third-order valence-electron chi connectivity index (χ3n) is 3.65. The van der Waals surface area contributed by atoms with Gasteiger partial charge in [-0.15, -0.1) is 0 Å². The van der Waals surface area contributed by atoms with Crippen LogP contribution in [0.15, 0.2) is 29.2 Å². The molecule has 0 aromatic heterocycles. The molecule has 0 saturated heterocycles. The number of carbonyl (C=O) groups excluding carboxylic acids is 1. The lowest BCUT2D eigenvalue weighted by atomic mass is 10.1. The van der Waals surface area contributed by atoms with Crippen LogP contribution < -0.4 is 10.5 Å². The van der Waals surface area contributed by atoms with Gasteiger partial charge in [-0.05, 0) is 43.0 Å². The van der Waals surface area contributed by atoms with Crippen molar-refractivity contribution in [3.05, 3.63) is 29.8 Å². The van der Waals surface area contributed by atoms with E-state index in [4.69, 9.17) is 5.73 Å². The van der Waals surface area contributed by atoms with Crippen LogP contribution in [0.3, 0.4) is 0 Å². The molecule has 6 nitrogen and oxygen atoms in total. The number of carbonyl (C=O) groups is 1. The minimum absolute atomic E-state index is 0.0200. The van der Waals surface area contributed by atoms with Gasteiger partial charge in [0, 0.05) is 18.2 Å². The zero-order valence-corrected chi connectivity index (χ0v) is 11.8. The number of hydrogen-bond acceptors (Lipinski definition) is 4. The van der Waals surface area contributed by atoms with E-state index in [1.54, 1.807) is 0 Å². The number of amides is 1. The number of rotatable bonds is 5. The molecule has 7 heteroatoms. The zero-order chi connectivity index (χ0) is 14.8. The summed E-state index contributed by atoms with van der Waals surface area (Å²) in [5, 5.41) is 9.22. The Labute approximate surface area is 118 Å². The van der Waals surface area contributed by atoms with Gasteiger partial charge in [-0.1, -0.05) is 6.42 Å². The van der Waals surface area contributed by atoms with Crippen molar-refractivity contribution >= 4 is 15.9 Å². The van der Waals surface area contributed by atoms with Crippen LogP contribution in [0.2, 0.25) is 0 Å². The Balaban J connectivity index is 2.15. The van der Waals surface area contributed by atoms with E-state index in [-0.39, 0.29) is 29.0 Å². The summed E-state index contributed by atoms with van der Waals surface area (Å²) in [7, 11) is -3.64. The summed E-state index contributed by atoms with van der Waals surface area (Å²) < 4.78 is 27.1. The fourth-order valence-electron chi connectivity index (χ4n) is 2.48. The predicted molar refractivity (Wildman–Crippen MR) is 73.5 cm³/mol. The first-order valence-corrected chi connectivity index (χ1v) is 7.95.